The first-order valence-electron chi connectivity index (χ1n) is 6.02. The molecule has 0 radical (unpaired) electrons. The molecule has 0 saturated heterocycles. The van der Waals surface area contributed by atoms with Crippen LogP contribution in [0.25, 0.3) is 0 Å². The van der Waals surface area contributed by atoms with E-state index in [0.717, 1.165) is 28.8 Å². The molecule has 1 aromatic rings. The van der Waals surface area contributed by atoms with Crippen LogP contribution in [0, 0.1) is 0 Å². The molecule has 1 aliphatic rings. The van der Waals surface area contributed by atoms with Crippen molar-refractivity contribution in [2.45, 2.75) is 19.1 Å². The summed E-state index contributed by atoms with van der Waals surface area (Å²) in [5.74, 6) is 0.993. The van der Waals surface area contributed by atoms with Gasteiger partial charge in [0, 0.05) is 36.7 Å². The first-order chi connectivity index (χ1) is 8.70. The topological polar surface area (TPSA) is 50.7 Å². The Morgan fingerprint density at radius 3 is 3.17 bits per heavy atom. The van der Waals surface area contributed by atoms with Crippen molar-refractivity contribution in [3.63, 3.8) is 0 Å². The maximum Gasteiger partial charge on any atom is 0.127 e. The molecule has 1 heterocycles. The van der Waals surface area contributed by atoms with Crippen molar-refractivity contribution in [1.29, 1.82) is 0 Å². The lowest BCUT2D eigenvalue weighted by Crippen LogP contribution is -2.29. The third-order valence-corrected chi connectivity index (χ3v) is 3.34. The molecule has 5 heteroatoms. The molecular formula is C13H18BrNO3. The number of hydrogen-bond donors (Lipinski definition) is 2. The summed E-state index contributed by atoms with van der Waals surface area (Å²) in [7, 11) is 1.58. The minimum atomic E-state index is -0.476. The minimum absolute atomic E-state index is 0.347. The van der Waals surface area contributed by atoms with E-state index in [4.69, 9.17) is 9.47 Å². The Morgan fingerprint density at radius 2 is 2.39 bits per heavy atom. The third kappa shape index (κ3) is 3.45. The number of methoxy groups -OCH3 is 1. The van der Waals surface area contributed by atoms with Gasteiger partial charge in [0.15, 0.2) is 0 Å². The van der Waals surface area contributed by atoms with Crippen molar-refractivity contribution < 1.29 is 14.6 Å². The number of hydrogen-bond acceptors (Lipinski definition) is 4. The highest BCUT2D eigenvalue weighted by Crippen LogP contribution is 2.32. The predicted octanol–water partition coefficient (Wildman–Crippen LogP) is 1.48. The number of benzene rings is 1. The molecule has 0 bridgehead atoms. The van der Waals surface area contributed by atoms with E-state index in [2.05, 4.69) is 33.4 Å². The normalized spacial score (nSPS) is 15.3. The Kier molecular flexibility index (Phi) is 5.00. The average molecular weight is 316 g/mol. The van der Waals surface area contributed by atoms with Crippen LogP contribution >= 0.6 is 15.9 Å². The molecule has 1 atom stereocenters. The molecule has 0 aromatic heterocycles. The van der Waals surface area contributed by atoms with Crippen LogP contribution in [0.15, 0.2) is 16.6 Å². The van der Waals surface area contributed by atoms with Crippen LogP contribution in [-0.4, -0.2) is 38.1 Å². The molecule has 18 heavy (non-hydrogen) atoms. The molecule has 0 fully saturated rings. The van der Waals surface area contributed by atoms with Gasteiger partial charge in [-0.05, 0) is 17.7 Å². The van der Waals surface area contributed by atoms with Crippen LogP contribution in [0.3, 0.4) is 0 Å². The van der Waals surface area contributed by atoms with Crippen molar-refractivity contribution in [2.24, 2.45) is 0 Å². The molecule has 0 spiro atoms. The van der Waals surface area contributed by atoms with Crippen molar-refractivity contribution in [3.8, 4) is 5.75 Å². The molecule has 0 aliphatic carbocycles. The van der Waals surface area contributed by atoms with E-state index in [0.29, 0.717) is 19.7 Å². The number of aliphatic hydroxyl groups is 1. The highest BCUT2D eigenvalue weighted by atomic mass is 79.9. The first kappa shape index (κ1) is 13.8. The maximum atomic E-state index is 9.55. The predicted molar refractivity (Wildman–Crippen MR) is 72.9 cm³/mol. The lowest BCUT2D eigenvalue weighted by molar-refractivity contribution is 0.0644. The van der Waals surface area contributed by atoms with E-state index in [1.807, 2.05) is 0 Å². The second kappa shape index (κ2) is 6.52. The molecule has 1 aromatic carbocycles. The van der Waals surface area contributed by atoms with Crippen molar-refractivity contribution in [2.75, 3.05) is 26.9 Å². The van der Waals surface area contributed by atoms with Crippen LogP contribution in [0.2, 0.25) is 0 Å². The molecule has 1 aliphatic heterocycles. The fourth-order valence-electron chi connectivity index (χ4n) is 2.10. The molecule has 100 valence electrons. The smallest absolute Gasteiger partial charge is 0.127 e. The largest absolute Gasteiger partial charge is 0.493 e. The monoisotopic (exact) mass is 315 g/mol. The van der Waals surface area contributed by atoms with Gasteiger partial charge in [0.25, 0.3) is 0 Å². The molecule has 0 amide bonds. The fourth-order valence-corrected chi connectivity index (χ4v) is 2.65. The molecule has 0 saturated carbocycles. The Labute approximate surface area is 115 Å². The van der Waals surface area contributed by atoms with Crippen molar-refractivity contribution >= 4 is 15.9 Å². The van der Waals surface area contributed by atoms with Crippen LogP contribution in [0.5, 0.6) is 5.75 Å². The molecular weight excluding hydrogens is 298 g/mol. The van der Waals surface area contributed by atoms with E-state index < -0.39 is 6.10 Å². The number of aliphatic hydroxyl groups excluding tert-OH is 1. The molecule has 2 N–H and O–H groups in total. The second-order valence-corrected chi connectivity index (χ2v) is 5.31. The minimum Gasteiger partial charge on any atom is -0.493 e. The van der Waals surface area contributed by atoms with Crippen LogP contribution in [0.1, 0.15) is 11.1 Å². The Hall–Kier alpha value is -0.620. The van der Waals surface area contributed by atoms with Crippen LogP contribution in [-0.2, 0) is 17.7 Å². The summed E-state index contributed by atoms with van der Waals surface area (Å²) in [4.78, 5) is 0. The van der Waals surface area contributed by atoms with E-state index >= 15 is 0 Å². The summed E-state index contributed by atoms with van der Waals surface area (Å²) in [5.41, 5.74) is 2.38. The van der Waals surface area contributed by atoms with E-state index in [9.17, 15) is 5.11 Å². The van der Waals surface area contributed by atoms with E-state index in [1.165, 1.54) is 5.56 Å². The van der Waals surface area contributed by atoms with Gasteiger partial charge in [-0.2, -0.15) is 0 Å². The highest BCUT2D eigenvalue weighted by molar-refractivity contribution is 9.10. The van der Waals surface area contributed by atoms with Crippen LogP contribution in [0.4, 0.5) is 0 Å². The SMILES string of the molecule is COCC(O)CNCc1cc(Br)cc2c1OCC2. The highest BCUT2D eigenvalue weighted by Gasteiger charge is 2.17. The zero-order valence-electron chi connectivity index (χ0n) is 10.4. The fraction of sp³-hybridized carbons (Fsp3) is 0.538. The van der Waals surface area contributed by atoms with Gasteiger partial charge in [-0.3, -0.25) is 0 Å². The van der Waals surface area contributed by atoms with Crippen molar-refractivity contribution in [1.82, 2.24) is 5.32 Å². The lowest BCUT2D eigenvalue weighted by Gasteiger charge is -2.13. The van der Waals surface area contributed by atoms with Crippen molar-refractivity contribution in [3.05, 3.63) is 27.7 Å². The van der Waals surface area contributed by atoms with Gasteiger partial charge in [0.05, 0.1) is 19.3 Å². The summed E-state index contributed by atoms with van der Waals surface area (Å²) < 4.78 is 11.6. The van der Waals surface area contributed by atoms with Gasteiger partial charge in [-0.25, -0.2) is 0 Å². The quantitative estimate of drug-likeness (QED) is 0.835. The first-order valence-corrected chi connectivity index (χ1v) is 6.82. The summed E-state index contributed by atoms with van der Waals surface area (Å²) in [6.45, 7) is 2.29. The zero-order chi connectivity index (χ0) is 13.0. The van der Waals surface area contributed by atoms with Crippen LogP contribution < -0.4 is 10.1 Å². The summed E-state index contributed by atoms with van der Waals surface area (Å²) >= 11 is 3.51. The maximum absolute atomic E-state index is 9.55. The summed E-state index contributed by atoms with van der Waals surface area (Å²) in [5, 5.41) is 12.8. The number of nitrogens with one attached hydrogen (secondary N) is 1. The third-order valence-electron chi connectivity index (χ3n) is 2.88. The standard InChI is InChI=1S/C13H18BrNO3/c1-17-8-12(16)7-15-6-10-5-11(14)4-9-2-3-18-13(9)10/h4-5,12,15-16H,2-3,6-8H2,1H3. The molecule has 4 nitrogen and oxygen atoms in total. The number of fused-ring (bicyclic) bond motifs is 1. The Balaban J connectivity index is 1.93. The second-order valence-electron chi connectivity index (χ2n) is 4.39. The number of ether oxygens (including phenoxy) is 2. The van der Waals surface area contributed by atoms with Gasteiger partial charge in [0.1, 0.15) is 5.75 Å². The molecule has 1 unspecified atom stereocenters. The van der Waals surface area contributed by atoms with Gasteiger partial charge in [0.2, 0.25) is 0 Å². The number of rotatable bonds is 6. The van der Waals surface area contributed by atoms with E-state index in [-0.39, 0.29) is 0 Å². The van der Waals surface area contributed by atoms with Gasteiger partial charge in [-0.1, -0.05) is 15.9 Å². The Morgan fingerprint density at radius 1 is 1.56 bits per heavy atom. The van der Waals surface area contributed by atoms with Gasteiger partial charge < -0.3 is 19.9 Å². The molecule has 2 rings (SSSR count). The number of halogens is 1. The van der Waals surface area contributed by atoms with E-state index in [1.54, 1.807) is 7.11 Å². The van der Waals surface area contributed by atoms with Gasteiger partial charge in [-0.15, -0.1) is 0 Å². The zero-order valence-corrected chi connectivity index (χ0v) is 12.0. The lowest BCUT2D eigenvalue weighted by atomic mass is 10.1. The summed E-state index contributed by atoms with van der Waals surface area (Å²) in [6.07, 6.45) is 0.491. The summed E-state index contributed by atoms with van der Waals surface area (Å²) in [6, 6.07) is 4.16. The average Bonchev–Trinajstić information content (AvgIpc) is 2.77. The van der Waals surface area contributed by atoms with Gasteiger partial charge >= 0.3 is 0 Å². The Bertz CT molecular complexity index is 411.